The highest BCUT2D eigenvalue weighted by Gasteiger charge is 2.32. The Balaban J connectivity index is 3.11. The average molecular weight is 527 g/mol. The molecule has 1 rings (SSSR count). The number of rotatable bonds is 16. The van der Waals surface area contributed by atoms with E-state index in [4.69, 9.17) is 10.8 Å². The summed E-state index contributed by atoms with van der Waals surface area (Å²) in [6.45, 7) is 1.16. The van der Waals surface area contributed by atoms with E-state index < -0.39 is 66.4 Å². The molecule has 0 bridgehead atoms. The molecule has 1 aromatic carbocycles. The van der Waals surface area contributed by atoms with Gasteiger partial charge in [0.05, 0.1) is 12.1 Å². The Kier molecular flexibility index (Phi) is 13.5. The number of amides is 3. The fourth-order valence-corrected chi connectivity index (χ4v) is 3.65. The van der Waals surface area contributed by atoms with Crippen LogP contribution in [0.3, 0.4) is 0 Å². The van der Waals surface area contributed by atoms with Crippen molar-refractivity contribution in [3.05, 3.63) is 35.9 Å². The zero-order valence-electron chi connectivity index (χ0n) is 20.2. The van der Waals surface area contributed by atoms with E-state index in [1.165, 1.54) is 11.8 Å². The van der Waals surface area contributed by atoms with E-state index in [0.29, 0.717) is 17.7 Å². The molecular formula is C23H34N4O8S. The van der Waals surface area contributed by atoms with Gasteiger partial charge in [0.2, 0.25) is 17.7 Å². The maximum atomic E-state index is 13.2. The normalized spacial score (nSPS) is 15.0. The summed E-state index contributed by atoms with van der Waals surface area (Å²) in [5.74, 6) is -4.43. The number of hydrogen-bond donors (Lipinski definition) is 7. The Morgan fingerprint density at radius 1 is 0.917 bits per heavy atom. The van der Waals surface area contributed by atoms with Gasteiger partial charge in [-0.05, 0) is 37.3 Å². The van der Waals surface area contributed by atoms with Crippen molar-refractivity contribution in [3.8, 4) is 0 Å². The van der Waals surface area contributed by atoms with Gasteiger partial charge < -0.3 is 37.0 Å². The number of aliphatic carboxylic acids is 2. The van der Waals surface area contributed by atoms with Crippen LogP contribution in [0.1, 0.15) is 31.7 Å². The van der Waals surface area contributed by atoms with Crippen molar-refractivity contribution in [2.45, 2.75) is 62.9 Å². The van der Waals surface area contributed by atoms with Crippen LogP contribution in [0.5, 0.6) is 0 Å². The van der Waals surface area contributed by atoms with Crippen LogP contribution >= 0.6 is 11.8 Å². The van der Waals surface area contributed by atoms with Gasteiger partial charge in [-0.15, -0.1) is 0 Å². The van der Waals surface area contributed by atoms with Crippen LogP contribution in [0.15, 0.2) is 30.3 Å². The number of carbonyl (C=O) groups excluding carboxylic acids is 3. The molecule has 0 aliphatic carbocycles. The SMILES string of the molecule is CSCCC(N)C(=O)NC(Cc1ccccc1)C(=O)NC(CCC(=O)O)C(=O)NC(C(=O)O)C(C)O. The van der Waals surface area contributed by atoms with Crippen molar-refractivity contribution >= 4 is 41.4 Å². The number of carboxylic acid groups (broad SMARTS) is 2. The van der Waals surface area contributed by atoms with Crippen LogP contribution in [0, 0.1) is 0 Å². The van der Waals surface area contributed by atoms with Crippen LogP contribution < -0.4 is 21.7 Å². The fourth-order valence-electron chi connectivity index (χ4n) is 3.17. The number of aliphatic hydroxyl groups is 1. The molecule has 200 valence electrons. The molecule has 36 heavy (non-hydrogen) atoms. The third kappa shape index (κ3) is 11.1. The monoisotopic (exact) mass is 526 g/mol. The second-order valence-electron chi connectivity index (χ2n) is 8.20. The second kappa shape index (κ2) is 15.8. The Labute approximate surface area is 213 Å². The van der Waals surface area contributed by atoms with Gasteiger partial charge in [0, 0.05) is 12.8 Å². The molecule has 0 aliphatic heterocycles. The predicted molar refractivity (Wildman–Crippen MR) is 133 cm³/mol. The third-order valence-electron chi connectivity index (χ3n) is 5.21. The van der Waals surface area contributed by atoms with Crippen LogP contribution in [0.25, 0.3) is 0 Å². The number of hydrogen-bond acceptors (Lipinski definition) is 8. The van der Waals surface area contributed by atoms with E-state index in [-0.39, 0.29) is 12.8 Å². The summed E-state index contributed by atoms with van der Waals surface area (Å²) in [6, 6.07) is 3.66. The second-order valence-corrected chi connectivity index (χ2v) is 9.18. The number of nitrogens with two attached hydrogens (primary N) is 1. The average Bonchev–Trinajstić information content (AvgIpc) is 2.82. The molecule has 0 aromatic heterocycles. The van der Waals surface area contributed by atoms with E-state index >= 15 is 0 Å². The zero-order chi connectivity index (χ0) is 27.3. The molecule has 3 amide bonds. The molecular weight excluding hydrogens is 492 g/mol. The highest BCUT2D eigenvalue weighted by Crippen LogP contribution is 2.07. The van der Waals surface area contributed by atoms with Gasteiger partial charge in [-0.2, -0.15) is 11.8 Å². The number of aliphatic hydroxyl groups excluding tert-OH is 1. The van der Waals surface area contributed by atoms with E-state index in [0.717, 1.165) is 6.92 Å². The Hall–Kier alpha value is -3.16. The van der Waals surface area contributed by atoms with Crippen molar-refractivity contribution in [2.24, 2.45) is 5.73 Å². The molecule has 5 atom stereocenters. The molecule has 0 spiro atoms. The first kappa shape index (κ1) is 30.9. The van der Waals surface area contributed by atoms with E-state index in [1.807, 2.05) is 6.26 Å². The first-order valence-electron chi connectivity index (χ1n) is 11.3. The van der Waals surface area contributed by atoms with Gasteiger partial charge >= 0.3 is 11.9 Å². The molecule has 8 N–H and O–H groups in total. The minimum Gasteiger partial charge on any atom is -0.481 e. The van der Waals surface area contributed by atoms with Gasteiger partial charge in [0.15, 0.2) is 6.04 Å². The minimum absolute atomic E-state index is 0.0619. The maximum Gasteiger partial charge on any atom is 0.328 e. The first-order chi connectivity index (χ1) is 17.0. The lowest BCUT2D eigenvalue weighted by Gasteiger charge is -2.25. The van der Waals surface area contributed by atoms with E-state index in [2.05, 4.69) is 16.0 Å². The molecule has 1 aromatic rings. The number of nitrogens with one attached hydrogen (secondary N) is 3. The molecule has 0 saturated carbocycles. The van der Waals surface area contributed by atoms with Gasteiger partial charge in [-0.3, -0.25) is 19.2 Å². The van der Waals surface area contributed by atoms with Gasteiger partial charge in [0.25, 0.3) is 0 Å². The van der Waals surface area contributed by atoms with Crippen LogP contribution in [-0.2, 0) is 30.4 Å². The van der Waals surface area contributed by atoms with Crippen molar-refractivity contribution in [3.63, 3.8) is 0 Å². The lowest BCUT2D eigenvalue weighted by Crippen LogP contribution is -2.58. The summed E-state index contributed by atoms with van der Waals surface area (Å²) in [4.78, 5) is 60.9. The minimum atomic E-state index is -1.67. The molecule has 0 fully saturated rings. The summed E-state index contributed by atoms with van der Waals surface area (Å²) in [7, 11) is 0. The smallest absolute Gasteiger partial charge is 0.328 e. The number of carboxylic acids is 2. The Morgan fingerprint density at radius 2 is 1.50 bits per heavy atom. The van der Waals surface area contributed by atoms with Crippen molar-refractivity contribution in [2.75, 3.05) is 12.0 Å². The standard InChI is InChI=1S/C23H34N4O8S/c1-13(28)19(23(34)35)27-21(32)16(8-9-18(29)30)25-22(33)17(12-14-6-4-3-5-7-14)26-20(31)15(24)10-11-36-2/h3-7,13,15-17,19,28H,8-12,24H2,1-2H3,(H,25,33)(H,26,31)(H,27,32)(H,29,30)(H,34,35). The molecule has 12 nitrogen and oxygen atoms in total. The zero-order valence-corrected chi connectivity index (χ0v) is 21.0. The van der Waals surface area contributed by atoms with Crippen molar-refractivity contribution in [1.82, 2.24) is 16.0 Å². The summed E-state index contributed by atoms with van der Waals surface area (Å²) in [6.07, 6.45) is 0.0114. The van der Waals surface area contributed by atoms with Crippen LogP contribution in [-0.4, -0.2) is 87.3 Å². The quantitative estimate of drug-likeness (QED) is 0.141. The fraction of sp³-hybridized carbons (Fsp3) is 0.522. The Bertz CT molecular complexity index is 899. The lowest BCUT2D eigenvalue weighted by atomic mass is 10.0. The number of benzene rings is 1. The van der Waals surface area contributed by atoms with E-state index in [1.54, 1.807) is 30.3 Å². The summed E-state index contributed by atoms with van der Waals surface area (Å²) >= 11 is 1.51. The molecule has 0 aliphatic rings. The number of thioether (sulfide) groups is 1. The molecule has 13 heteroatoms. The predicted octanol–water partition coefficient (Wildman–Crippen LogP) is -0.906. The summed E-state index contributed by atoms with van der Waals surface area (Å²) in [5.41, 5.74) is 6.63. The largest absolute Gasteiger partial charge is 0.481 e. The van der Waals surface area contributed by atoms with Crippen LogP contribution in [0.2, 0.25) is 0 Å². The molecule has 0 radical (unpaired) electrons. The topological polar surface area (TPSA) is 208 Å². The van der Waals surface area contributed by atoms with Crippen LogP contribution in [0.4, 0.5) is 0 Å². The van der Waals surface area contributed by atoms with Gasteiger partial charge in [0.1, 0.15) is 12.1 Å². The van der Waals surface area contributed by atoms with Gasteiger partial charge in [-0.25, -0.2) is 4.79 Å². The van der Waals surface area contributed by atoms with E-state index in [9.17, 15) is 34.2 Å². The van der Waals surface area contributed by atoms with Crippen molar-refractivity contribution in [1.29, 1.82) is 0 Å². The third-order valence-corrected chi connectivity index (χ3v) is 5.86. The first-order valence-corrected chi connectivity index (χ1v) is 12.7. The summed E-state index contributed by atoms with van der Waals surface area (Å²) < 4.78 is 0. The highest BCUT2D eigenvalue weighted by atomic mass is 32.2. The van der Waals surface area contributed by atoms with Crippen molar-refractivity contribution < 1.29 is 39.3 Å². The lowest BCUT2D eigenvalue weighted by molar-refractivity contribution is -0.145. The molecule has 5 unspecified atom stereocenters. The molecule has 0 heterocycles. The molecule has 0 saturated heterocycles. The Morgan fingerprint density at radius 3 is 2.03 bits per heavy atom. The number of carbonyl (C=O) groups is 5. The maximum absolute atomic E-state index is 13.2. The van der Waals surface area contributed by atoms with Gasteiger partial charge in [-0.1, -0.05) is 30.3 Å². The summed E-state index contributed by atoms with van der Waals surface area (Å²) in [5, 5.41) is 35.0. The highest BCUT2D eigenvalue weighted by molar-refractivity contribution is 7.98.